The minimum atomic E-state index is -0.374. The molecule has 0 aromatic heterocycles. The van der Waals surface area contributed by atoms with Crippen LogP contribution in [0.3, 0.4) is 0 Å². The Bertz CT molecular complexity index is 767. The molecule has 0 saturated heterocycles. The number of nitrogens with one attached hydrogen (secondary N) is 2. The van der Waals surface area contributed by atoms with E-state index in [1.54, 1.807) is 18.2 Å². The first-order valence-corrected chi connectivity index (χ1v) is 8.20. The van der Waals surface area contributed by atoms with Gasteiger partial charge in [0.25, 0.3) is 0 Å². The van der Waals surface area contributed by atoms with E-state index in [4.69, 9.17) is 32.7 Å². The first-order chi connectivity index (χ1) is 11.5. The van der Waals surface area contributed by atoms with Crippen molar-refractivity contribution in [3.05, 3.63) is 52.0 Å². The highest BCUT2D eigenvalue weighted by molar-refractivity contribution is 6.35. The van der Waals surface area contributed by atoms with Gasteiger partial charge in [0.15, 0.2) is 11.5 Å². The van der Waals surface area contributed by atoms with Gasteiger partial charge in [-0.25, -0.2) is 4.79 Å². The molecule has 1 aliphatic heterocycles. The molecule has 126 valence electrons. The molecule has 1 atom stereocenters. The van der Waals surface area contributed by atoms with E-state index in [2.05, 4.69) is 10.6 Å². The van der Waals surface area contributed by atoms with E-state index in [0.29, 0.717) is 40.4 Å². The monoisotopic (exact) mass is 366 g/mol. The summed E-state index contributed by atoms with van der Waals surface area (Å²) in [6, 6.07) is 9.89. The van der Waals surface area contributed by atoms with Gasteiger partial charge >= 0.3 is 6.03 Å². The summed E-state index contributed by atoms with van der Waals surface area (Å²) in [5.41, 5.74) is 1.36. The molecule has 0 spiro atoms. The van der Waals surface area contributed by atoms with Gasteiger partial charge in [0.2, 0.25) is 0 Å². The SMILES string of the molecule is CC(NC(=O)Nc1cc(Cl)ccc1Cl)c1ccc2c(c1)OCCO2. The van der Waals surface area contributed by atoms with Crippen LogP contribution in [0.25, 0.3) is 0 Å². The minimum Gasteiger partial charge on any atom is -0.486 e. The second kappa shape index (κ2) is 7.20. The average Bonchev–Trinajstić information content (AvgIpc) is 2.57. The van der Waals surface area contributed by atoms with Gasteiger partial charge in [0.05, 0.1) is 16.8 Å². The topological polar surface area (TPSA) is 59.6 Å². The summed E-state index contributed by atoms with van der Waals surface area (Å²) in [4.78, 5) is 12.2. The zero-order valence-electron chi connectivity index (χ0n) is 12.9. The molecule has 5 nitrogen and oxygen atoms in total. The second-order valence-corrected chi connectivity index (χ2v) is 6.19. The van der Waals surface area contributed by atoms with Crippen LogP contribution in [0.1, 0.15) is 18.5 Å². The normalized spacial score (nSPS) is 14.0. The number of halogens is 2. The Kier molecular flexibility index (Phi) is 5.02. The number of ether oxygens (including phenoxy) is 2. The second-order valence-electron chi connectivity index (χ2n) is 5.35. The number of fused-ring (bicyclic) bond motifs is 1. The number of hydrogen-bond donors (Lipinski definition) is 2. The number of rotatable bonds is 3. The van der Waals surface area contributed by atoms with E-state index in [1.807, 2.05) is 25.1 Å². The molecule has 7 heteroatoms. The number of carbonyl (C=O) groups excluding carboxylic acids is 1. The molecule has 2 aromatic carbocycles. The van der Waals surface area contributed by atoms with E-state index in [9.17, 15) is 4.79 Å². The van der Waals surface area contributed by atoms with Crippen LogP contribution in [0.2, 0.25) is 10.0 Å². The Balaban J connectivity index is 1.66. The van der Waals surface area contributed by atoms with Crippen LogP contribution < -0.4 is 20.1 Å². The maximum Gasteiger partial charge on any atom is 0.319 e. The summed E-state index contributed by atoms with van der Waals surface area (Å²) in [6.45, 7) is 2.94. The molecule has 2 N–H and O–H groups in total. The summed E-state index contributed by atoms with van der Waals surface area (Å²) in [5, 5.41) is 6.45. The van der Waals surface area contributed by atoms with Crippen LogP contribution in [0.5, 0.6) is 11.5 Å². The van der Waals surface area contributed by atoms with E-state index in [0.717, 1.165) is 5.56 Å². The minimum absolute atomic E-state index is 0.223. The van der Waals surface area contributed by atoms with Gasteiger partial charge in [-0.1, -0.05) is 29.3 Å². The van der Waals surface area contributed by atoms with Crippen LogP contribution in [-0.4, -0.2) is 19.2 Å². The van der Waals surface area contributed by atoms with Gasteiger partial charge in [0.1, 0.15) is 13.2 Å². The average molecular weight is 367 g/mol. The molecule has 1 heterocycles. The number of amides is 2. The van der Waals surface area contributed by atoms with Crippen LogP contribution in [0.15, 0.2) is 36.4 Å². The van der Waals surface area contributed by atoms with Crippen molar-refractivity contribution in [3.8, 4) is 11.5 Å². The van der Waals surface area contributed by atoms with Crippen molar-refractivity contribution in [2.45, 2.75) is 13.0 Å². The molecule has 0 aliphatic carbocycles. The van der Waals surface area contributed by atoms with E-state index in [1.165, 1.54) is 0 Å². The Morgan fingerprint density at radius 2 is 1.83 bits per heavy atom. The quantitative estimate of drug-likeness (QED) is 0.831. The Morgan fingerprint density at radius 3 is 2.62 bits per heavy atom. The van der Waals surface area contributed by atoms with Crippen molar-refractivity contribution in [1.29, 1.82) is 0 Å². The van der Waals surface area contributed by atoms with Crippen LogP contribution in [0, 0.1) is 0 Å². The Labute approximate surface area is 149 Å². The summed E-state index contributed by atoms with van der Waals surface area (Å²) in [5.74, 6) is 1.40. The van der Waals surface area contributed by atoms with Gasteiger partial charge in [-0.2, -0.15) is 0 Å². The van der Waals surface area contributed by atoms with Crippen molar-refractivity contribution >= 4 is 34.9 Å². The summed E-state index contributed by atoms with van der Waals surface area (Å²) < 4.78 is 11.0. The van der Waals surface area contributed by atoms with Crippen molar-refractivity contribution in [1.82, 2.24) is 5.32 Å². The smallest absolute Gasteiger partial charge is 0.319 e. The largest absolute Gasteiger partial charge is 0.486 e. The fraction of sp³-hybridized carbons (Fsp3) is 0.235. The third-order valence-electron chi connectivity index (χ3n) is 3.59. The molecule has 0 radical (unpaired) electrons. The third kappa shape index (κ3) is 3.86. The lowest BCUT2D eigenvalue weighted by atomic mass is 10.1. The highest BCUT2D eigenvalue weighted by Gasteiger charge is 2.16. The lowest BCUT2D eigenvalue weighted by Gasteiger charge is -2.21. The van der Waals surface area contributed by atoms with Crippen LogP contribution in [-0.2, 0) is 0 Å². The molecule has 2 aromatic rings. The van der Waals surface area contributed by atoms with Gasteiger partial charge in [0, 0.05) is 5.02 Å². The first kappa shape index (κ1) is 16.7. The predicted molar refractivity (Wildman–Crippen MR) is 94.5 cm³/mol. The first-order valence-electron chi connectivity index (χ1n) is 7.45. The zero-order chi connectivity index (χ0) is 17.1. The van der Waals surface area contributed by atoms with E-state index >= 15 is 0 Å². The molecule has 3 rings (SSSR count). The number of carbonyl (C=O) groups is 1. The number of hydrogen-bond acceptors (Lipinski definition) is 3. The van der Waals surface area contributed by atoms with Gasteiger partial charge in [-0.3, -0.25) is 0 Å². The summed E-state index contributed by atoms with van der Waals surface area (Å²) in [6.07, 6.45) is 0. The number of anilines is 1. The van der Waals surface area contributed by atoms with Crippen molar-refractivity contribution in [2.24, 2.45) is 0 Å². The number of urea groups is 1. The fourth-order valence-electron chi connectivity index (χ4n) is 2.36. The molecule has 24 heavy (non-hydrogen) atoms. The van der Waals surface area contributed by atoms with Gasteiger partial charge < -0.3 is 20.1 Å². The number of benzene rings is 2. The lowest BCUT2D eigenvalue weighted by Crippen LogP contribution is -2.31. The highest BCUT2D eigenvalue weighted by Crippen LogP contribution is 2.32. The summed E-state index contributed by atoms with van der Waals surface area (Å²) >= 11 is 12.0. The third-order valence-corrected chi connectivity index (χ3v) is 4.16. The highest BCUT2D eigenvalue weighted by atomic mass is 35.5. The molecule has 0 fully saturated rings. The Morgan fingerprint density at radius 1 is 1.08 bits per heavy atom. The van der Waals surface area contributed by atoms with Gasteiger partial charge in [-0.15, -0.1) is 0 Å². The molecule has 0 saturated carbocycles. The zero-order valence-corrected chi connectivity index (χ0v) is 14.4. The van der Waals surface area contributed by atoms with Crippen molar-refractivity contribution in [3.63, 3.8) is 0 Å². The fourth-order valence-corrected chi connectivity index (χ4v) is 2.70. The van der Waals surface area contributed by atoms with Gasteiger partial charge in [-0.05, 0) is 42.8 Å². The standard InChI is InChI=1S/C17H16Cl2N2O3/c1-10(11-2-5-15-16(8-11)24-7-6-23-15)20-17(22)21-14-9-12(18)3-4-13(14)19/h2-5,8-10H,6-7H2,1H3,(H2,20,21,22). The summed E-state index contributed by atoms with van der Waals surface area (Å²) in [7, 11) is 0. The predicted octanol–water partition coefficient (Wildman–Crippen LogP) is 4.65. The van der Waals surface area contributed by atoms with Crippen molar-refractivity contribution in [2.75, 3.05) is 18.5 Å². The maximum absolute atomic E-state index is 12.2. The molecule has 1 unspecified atom stereocenters. The lowest BCUT2D eigenvalue weighted by molar-refractivity contribution is 0.171. The van der Waals surface area contributed by atoms with E-state index < -0.39 is 0 Å². The van der Waals surface area contributed by atoms with Crippen LogP contribution >= 0.6 is 23.2 Å². The van der Waals surface area contributed by atoms with Crippen LogP contribution in [0.4, 0.5) is 10.5 Å². The van der Waals surface area contributed by atoms with E-state index in [-0.39, 0.29) is 12.1 Å². The molecule has 0 bridgehead atoms. The molecule has 1 aliphatic rings. The molecule has 2 amide bonds. The van der Waals surface area contributed by atoms with Crippen molar-refractivity contribution < 1.29 is 14.3 Å². The maximum atomic E-state index is 12.2. The molecular weight excluding hydrogens is 351 g/mol. The molecular formula is C17H16Cl2N2O3. The Hall–Kier alpha value is -2.11.